The van der Waals surface area contributed by atoms with Gasteiger partial charge in [-0.25, -0.2) is 0 Å². The predicted octanol–water partition coefficient (Wildman–Crippen LogP) is 2.24. The van der Waals surface area contributed by atoms with Crippen LogP contribution >= 0.6 is 11.6 Å². The molecule has 2 heterocycles. The van der Waals surface area contributed by atoms with E-state index in [1.807, 2.05) is 24.3 Å². The third-order valence-corrected chi connectivity index (χ3v) is 3.86. The molecule has 2 unspecified atom stereocenters. The normalized spacial score (nSPS) is 22.5. The van der Waals surface area contributed by atoms with Gasteiger partial charge >= 0.3 is 0 Å². The Kier molecular flexibility index (Phi) is 4.12. The van der Waals surface area contributed by atoms with Gasteiger partial charge in [0, 0.05) is 36.6 Å². The van der Waals surface area contributed by atoms with Crippen molar-refractivity contribution in [2.45, 2.75) is 32.4 Å². The van der Waals surface area contributed by atoms with E-state index in [1.54, 1.807) is 0 Å². The van der Waals surface area contributed by atoms with Gasteiger partial charge in [-0.05, 0) is 31.5 Å². The third-order valence-electron chi connectivity index (χ3n) is 3.62. The number of aromatic amines is 1. The van der Waals surface area contributed by atoms with Crippen LogP contribution in [0.2, 0.25) is 5.02 Å². The van der Waals surface area contributed by atoms with Crippen LogP contribution in [0, 0.1) is 0 Å². The smallest absolute Gasteiger partial charge is 0.244 e. The van der Waals surface area contributed by atoms with Crippen molar-refractivity contribution in [3.8, 4) is 0 Å². The van der Waals surface area contributed by atoms with Crippen LogP contribution in [0.5, 0.6) is 0 Å². The first kappa shape index (κ1) is 14.4. The lowest BCUT2D eigenvalue weighted by atomic mass is 10.1. The van der Waals surface area contributed by atoms with E-state index in [9.17, 15) is 0 Å². The molecule has 6 heteroatoms. The molecular weight excluding hydrogens is 286 g/mol. The number of benzene rings is 1. The zero-order chi connectivity index (χ0) is 14.8. The lowest BCUT2D eigenvalue weighted by molar-refractivity contribution is 0.403. The van der Waals surface area contributed by atoms with Crippen molar-refractivity contribution in [3.05, 3.63) is 40.7 Å². The van der Waals surface area contributed by atoms with Gasteiger partial charge in [-0.2, -0.15) is 4.98 Å². The number of hydrogen-bond donors (Lipinski definition) is 2. The van der Waals surface area contributed by atoms with Gasteiger partial charge in [0.05, 0.1) is 0 Å². The monoisotopic (exact) mass is 305 g/mol. The summed E-state index contributed by atoms with van der Waals surface area (Å²) in [6.45, 7) is 6.22. The number of piperazine rings is 1. The fourth-order valence-electron chi connectivity index (χ4n) is 2.84. The highest BCUT2D eigenvalue weighted by molar-refractivity contribution is 6.30. The molecule has 0 amide bonds. The van der Waals surface area contributed by atoms with E-state index in [0.29, 0.717) is 18.5 Å². The summed E-state index contributed by atoms with van der Waals surface area (Å²) in [4.78, 5) is 6.84. The van der Waals surface area contributed by atoms with E-state index < -0.39 is 0 Å². The summed E-state index contributed by atoms with van der Waals surface area (Å²) >= 11 is 6.01. The lowest BCUT2D eigenvalue weighted by Crippen LogP contribution is -2.54. The van der Waals surface area contributed by atoms with E-state index in [2.05, 4.69) is 39.2 Å². The fourth-order valence-corrected chi connectivity index (χ4v) is 3.05. The molecule has 112 valence electrons. The van der Waals surface area contributed by atoms with Gasteiger partial charge in [0.15, 0.2) is 0 Å². The van der Waals surface area contributed by atoms with Crippen LogP contribution < -0.4 is 10.2 Å². The Labute approximate surface area is 129 Å². The van der Waals surface area contributed by atoms with Gasteiger partial charge in [0.2, 0.25) is 5.95 Å². The third kappa shape index (κ3) is 3.54. The minimum absolute atomic E-state index is 0.448. The molecule has 1 aromatic heterocycles. The quantitative estimate of drug-likeness (QED) is 0.913. The molecule has 1 fully saturated rings. The molecule has 0 aliphatic carbocycles. The standard InChI is InChI=1S/C15H20ClN5/c1-10-8-21(9-11(2)17-10)15-18-14(19-20-15)7-12-4-3-5-13(16)6-12/h3-6,10-11,17H,7-9H2,1-2H3,(H,18,19,20). The first-order chi connectivity index (χ1) is 10.1. The lowest BCUT2D eigenvalue weighted by Gasteiger charge is -2.35. The van der Waals surface area contributed by atoms with Crippen LogP contribution in [0.3, 0.4) is 0 Å². The van der Waals surface area contributed by atoms with Crippen LogP contribution in [-0.4, -0.2) is 40.4 Å². The molecule has 1 aliphatic heterocycles. The minimum atomic E-state index is 0.448. The maximum Gasteiger partial charge on any atom is 0.244 e. The van der Waals surface area contributed by atoms with Gasteiger partial charge < -0.3 is 10.2 Å². The van der Waals surface area contributed by atoms with Crippen molar-refractivity contribution in [1.29, 1.82) is 0 Å². The van der Waals surface area contributed by atoms with Gasteiger partial charge in [-0.3, -0.25) is 5.10 Å². The second-order valence-corrected chi connectivity index (χ2v) is 6.20. The van der Waals surface area contributed by atoms with Crippen LogP contribution in [0.1, 0.15) is 25.2 Å². The van der Waals surface area contributed by atoms with E-state index >= 15 is 0 Å². The second-order valence-electron chi connectivity index (χ2n) is 5.76. The topological polar surface area (TPSA) is 56.8 Å². The molecule has 3 rings (SSSR count). The number of hydrogen-bond acceptors (Lipinski definition) is 4. The molecule has 5 nitrogen and oxygen atoms in total. The number of nitrogens with one attached hydrogen (secondary N) is 2. The molecule has 2 N–H and O–H groups in total. The molecule has 0 radical (unpaired) electrons. The number of nitrogens with zero attached hydrogens (tertiary/aromatic N) is 3. The van der Waals surface area contributed by atoms with Crippen molar-refractivity contribution in [2.75, 3.05) is 18.0 Å². The summed E-state index contributed by atoms with van der Waals surface area (Å²) < 4.78 is 0. The minimum Gasteiger partial charge on any atom is -0.336 e. The fraction of sp³-hybridized carbons (Fsp3) is 0.467. The SMILES string of the molecule is CC1CN(c2n[nH]c(Cc3cccc(Cl)c3)n2)CC(C)N1. The van der Waals surface area contributed by atoms with Crippen molar-refractivity contribution in [1.82, 2.24) is 20.5 Å². The largest absolute Gasteiger partial charge is 0.336 e. The molecule has 1 aliphatic rings. The molecule has 2 aromatic rings. The summed E-state index contributed by atoms with van der Waals surface area (Å²) in [6.07, 6.45) is 0.713. The van der Waals surface area contributed by atoms with Crippen molar-refractivity contribution < 1.29 is 0 Å². The van der Waals surface area contributed by atoms with E-state index in [1.165, 1.54) is 0 Å². The van der Waals surface area contributed by atoms with Crippen LogP contribution in [0.4, 0.5) is 5.95 Å². The Morgan fingerprint density at radius 3 is 2.76 bits per heavy atom. The van der Waals surface area contributed by atoms with Crippen LogP contribution in [-0.2, 0) is 6.42 Å². The molecule has 0 bridgehead atoms. The maximum atomic E-state index is 6.01. The van der Waals surface area contributed by atoms with Crippen molar-refractivity contribution >= 4 is 17.5 Å². The average Bonchev–Trinajstić information content (AvgIpc) is 2.86. The summed E-state index contributed by atoms with van der Waals surface area (Å²) in [5.74, 6) is 1.65. The average molecular weight is 306 g/mol. The zero-order valence-electron chi connectivity index (χ0n) is 12.3. The number of aromatic nitrogens is 3. The highest BCUT2D eigenvalue weighted by Gasteiger charge is 2.23. The first-order valence-electron chi connectivity index (χ1n) is 7.27. The molecule has 0 saturated carbocycles. The Morgan fingerprint density at radius 1 is 1.29 bits per heavy atom. The molecule has 1 aromatic carbocycles. The van der Waals surface area contributed by atoms with Gasteiger partial charge in [0.25, 0.3) is 0 Å². The highest BCUT2D eigenvalue weighted by atomic mass is 35.5. The zero-order valence-corrected chi connectivity index (χ0v) is 13.1. The molecule has 0 spiro atoms. The molecular formula is C15H20ClN5. The molecule has 1 saturated heterocycles. The Balaban J connectivity index is 1.71. The maximum absolute atomic E-state index is 6.01. The van der Waals surface area contributed by atoms with Crippen LogP contribution in [0.15, 0.2) is 24.3 Å². The van der Waals surface area contributed by atoms with Gasteiger partial charge in [-0.1, -0.05) is 23.7 Å². The van der Waals surface area contributed by atoms with Crippen LogP contribution in [0.25, 0.3) is 0 Å². The molecule has 2 atom stereocenters. The van der Waals surface area contributed by atoms with E-state index in [0.717, 1.165) is 35.4 Å². The second kappa shape index (κ2) is 6.03. The Hall–Kier alpha value is -1.59. The predicted molar refractivity (Wildman–Crippen MR) is 84.9 cm³/mol. The van der Waals surface area contributed by atoms with Crippen molar-refractivity contribution in [2.24, 2.45) is 0 Å². The summed E-state index contributed by atoms with van der Waals surface area (Å²) in [6, 6.07) is 8.73. The number of H-pyrrole nitrogens is 1. The number of anilines is 1. The van der Waals surface area contributed by atoms with E-state index in [-0.39, 0.29) is 0 Å². The summed E-state index contributed by atoms with van der Waals surface area (Å²) in [5, 5.41) is 11.6. The molecule has 21 heavy (non-hydrogen) atoms. The number of halogens is 1. The van der Waals surface area contributed by atoms with Gasteiger partial charge in [0.1, 0.15) is 5.82 Å². The Bertz CT molecular complexity index is 602. The number of rotatable bonds is 3. The van der Waals surface area contributed by atoms with E-state index in [4.69, 9.17) is 11.6 Å². The first-order valence-corrected chi connectivity index (χ1v) is 7.64. The van der Waals surface area contributed by atoms with Crippen molar-refractivity contribution in [3.63, 3.8) is 0 Å². The summed E-state index contributed by atoms with van der Waals surface area (Å²) in [7, 11) is 0. The Morgan fingerprint density at radius 2 is 2.05 bits per heavy atom. The highest BCUT2D eigenvalue weighted by Crippen LogP contribution is 2.16. The summed E-state index contributed by atoms with van der Waals surface area (Å²) in [5.41, 5.74) is 1.13. The van der Waals surface area contributed by atoms with Gasteiger partial charge in [-0.15, -0.1) is 5.10 Å².